The van der Waals surface area contributed by atoms with Gasteiger partial charge in [0, 0.05) is 30.6 Å². The van der Waals surface area contributed by atoms with Crippen LogP contribution in [-0.2, 0) is 0 Å². The Morgan fingerprint density at radius 2 is 2.11 bits per heavy atom. The largest absolute Gasteiger partial charge is 0.363 e. The van der Waals surface area contributed by atoms with E-state index in [0.717, 1.165) is 30.9 Å². The Morgan fingerprint density at radius 3 is 2.67 bits per heavy atom. The zero-order valence-corrected chi connectivity index (χ0v) is 11.5. The molecule has 5 heteroatoms. The van der Waals surface area contributed by atoms with Gasteiger partial charge < -0.3 is 10.2 Å². The summed E-state index contributed by atoms with van der Waals surface area (Å²) in [7, 11) is 1.96. The number of thioether (sulfide) groups is 1. The number of aliphatic imine (C=N–C) groups is 1. The summed E-state index contributed by atoms with van der Waals surface area (Å²) in [6.45, 7) is 0.981. The molecule has 1 N–H and O–H groups in total. The summed E-state index contributed by atoms with van der Waals surface area (Å²) in [6.07, 6.45) is 3.98. The molecule has 0 atom stereocenters. The number of amidine groups is 1. The summed E-state index contributed by atoms with van der Waals surface area (Å²) in [6, 6.07) is 7.45. The van der Waals surface area contributed by atoms with Crippen LogP contribution in [0.2, 0.25) is 0 Å². The van der Waals surface area contributed by atoms with Crippen molar-refractivity contribution >= 4 is 29.3 Å². The van der Waals surface area contributed by atoms with E-state index < -0.39 is 0 Å². The summed E-state index contributed by atoms with van der Waals surface area (Å²) in [5.41, 5.74) is 0.780. The average Bonchev–Trinajstić information content (AvgIpc) is 2.76. The lowest BCUT2D eigenvalue weighted by molar-refractivity contribution is 0.259. The number of benzene rings is 1. The first-order valence-electron chi connectivity index (χ1n) is 5.93. The van der Waals surface area contributed by atoms with Crippen LogP contribution in [0.4, 0.5) is 10.5 Å². The lowest BCUT2D eigenvalue weighted by atomic mass is 10.3. The highest BCUT2D eigenvalue weighted by Gasteiger charge is 2.15. The number of likely N-dealkylation sites (tertiary alicyclic amines) is 1. The Kier molecular flexibility index (Phi) is 4.25. The maximum absolute atomic E-state index is 11.7. The van der Waals surface area contributed by atoms with Gasteiger partial charge >= 0.3 is 6.03 Å². The molecular formula is C13H17N3OS. The topological polar surface area (TPSA) is 44.7 Å². The molecule has 0 spiro atoms. The van der Waals surface area contributed by atoms with E-state index in [9.17, 15) is 4.79 Å². The first kappa shape index (κ1) is 13.0. The van der Waals surface area contributed by atoms with Crippen molar-refractivity contribution in [3.05, 3.63) is 24.3 Å². The van der Waals surface area contributed by atoms with Crippen LogP contribution in [0.1, 0.15) is 12.8 Å². The summed E-state index contributed by atoms with van der Waals surface area (Å²) in [5, 5.41) is 2.78. The number of anilines is 1. The third-order valence-electron chi connectivity index (χ3n) is 2.91. The fourth-order valence-electron chi connectivity index (χ4n) is 1.88. The molecular weight excluding hydrogens is 246 g/mol. The van der Waals surface area contributed by atoms with Crippen molar-refractivity contribution in [1.29, 1.82) is 0 Å². The highest BCUT2D eigenvalue weighted by Crippen LogP contribution is 2.17. The van der Waals surface area contributed by atoms with E-state index in [1.165, 1.54) is 4.90 Å². The smallest absolute Gasteiger partial charge is 0.347 e. The third-order valence-corrected chi connectivity index (χ3v) is 3.65. The molecule has 1 heterocycles. The molecule has 18 heavy (non-hydrogen) atoms. The Morgan fingerprint density at radius 1 is 1.39 bits per heavy atom. The summed E-state index contributed by atoms with van der Waals surface area (Å²) in [5.74, 6) is 0.869. The number of carbonyl (C=O) groups is 1. The van der Waals surface area contributed by atoms with Crippen LogP contribution in [-0.4, -0.2) is 36.6 Å². The van der Waals surface area contributed by atoms with Gasteiger partial charge in [0.15, 0.2) is 0 Å². The zero-order chi connectivity index (χ0) is 13.0. The van der Waals surface area contributed by atoms with Gasteiger partial charge in [-0.1, -0.05) is 0 Å². The molecule has 0 aromatic heterocycles. The van der Waals surface area contributed by atoms with Gasteiger partial charge in [0.2, 0.25) is 0 Å². The average molecular weight is 263 g/mol. The van der Waals surface area contributed by atoms with E-state index in [-0.39, 0.29) is 6.03 Å². The number of hydrogen-bond donors (Lipinski definition) is 1. The predicted molar refractivity (Wildman–Crippen MR) is 76.5 cm³/mol. The van der Waals surface area contributed by atoms with Crippen molar-refractivity contribution < 1.29 is 4.79 Å². The first-order valence-corrected chi connectivity index (χ1v) is 7.15. The molecule has 0 radical (unpaired) electrons. The third kappa shape index (κ3) is 3.26. The maximum atomic E-state index is 11.7. The Bertz CT molecular complexity index is 456. The van der Waals surface area contributed by atoms with E-state index in [1.54, 1.807) is 11.8 Å². The van der Waals surface area contributed by atoms with Crippen molar-refractivity contribution in [3.8, 4) is 0 Å². The van der Waals surface area contributed by atoms with Gasteiger partial charge in [-0.3, -0.25) is 0 Å². The SMILES string of the molecule is CSc1ccc(NC(=O)/N=C2\CCCN2C)cc1. The quantitative estimate of drug-likeness (QED) is 0.834. The van der Waals surface area contributed by atoms with E-state index >= 15 is 0 Å². The second kappa shape index (κ2) is 5.91. The van der Waals surface area contributed by atoms with Gasteiger partial charge in [0.25, 0.3) is 0 Å². The molecule has 0 saturated carbocycles. The Labute approximate surface area is 111 Å². The molecule has 1 aromatic carbocycles. The summed E-state index contributed by atoms with van der Waals surface area (Å²) in [4.78, 5) is 19.0. The lowest BCUT2D eigenvalue weighted by Gasteiger charge is -2.10. The van der Waals surface area contributed by atoms with Gasteiger partial charge in [-0.2, -0.15) is 4.99 Å². The normalized spacial score (nSPS) is 17.2. The van der Waals surface area contributed by atoms with Gasteiger partial charge in [0.05, 0.1) is 0 Å². The van der Waals surface area contributed by atoms with Crippen molar-refractivity contribution in [3.63, 3.8) is 0 Å². The number of hydrogen-bond acceptors (Lipinski definition) is 2. The number of nitrogens with one attached hydrogen (secondary N) is 1. The summed E-state index contributed by atoms with van der Waals surface area (Å²) >= 11 is 1.68. The van der Waals surface area contributed by atoms with Gasteiger partial charge in [0.1, 0.15) is 5.84 Å². The number of rotatable bonds is 2. The number of amides is 2. The van der Waals surface area contributed by atoms with E-state index in [2.05, 4.69) is 10.3 Å². The molecule has 0 unspecified atom stereocenters. The second-order valence-electron chi connectivity index (χ2n) is 4.21. The molecule has 1 fully saturated rings. The molecule has 0 bridgehead atoms. The maximum Gasteiger partial charge on any atom is 0.347 e. The predicted octanol–water partition coefficient (Wildman–Crippen LogP) is 3.06. The van der Waals surface area contributed by atoms with Crippen LogP contribution in [0.15, 0.2) is 34.2 Å². The molecule has 2 rings (SSSR count). The second-order valence-corrected chi connectivity index (χ2v) is 5.09. The van der Waals surface area contributed by atoms with E-state index in [0.29, 0.717) is 0 Å². The fraction of sp³-hybridized carbons (Fsp3) is 0.385. The van der Waals surface area contributed by atoms with Crippen LogP contribution in [0.25, 0.3) is 0 Å². The fourth-order valence-corrected chi connectivity index (χ4v) is 2.29. The van der Waals surface area contributed by atoms with E-state index in [4.69, 9.17) is 0 Å². The van der Waals surface area contributed by atoms with Crippen LogP contribution in [0.5, 0.6) is 0 Å². The molecule has 1 aliphatic heterocycles. The van der Waals surface area contributed by atoms with Crippen LogP contribution >= 0.6 is 11.8 Å². The van der Waals surface area contributed by atoms with Crippen molar-refractivity contribution in [2.24, 2.45) is 4.99 Å². The number of carbonyl (C=O) groups excluding carboxylic acids is 1. The lowest BCUT2D eigenvalue weighted by Crippen LogP contribution is -2.21. The Hall–Kier alpha value is -1.49. The van der Waals surface area contributed by atoms with Crippen LogP contribution in [0, 0.1) is 0 Å². The van der Waals surface area contributed by atoms with Crippen molar-refractivity contribution in [2.75, 3.05) is 25.2 Å². The first-order chi connectivity index (χ1) is 8.69. The highest BCUT2D eigenvalue weighted by atomic mass is 32.2. The van der Waals surface area contributed by atoms with Gasteiger partial charge in [-0.05, 0) is 36.9 Å². The molecule has 4 nitrogen and oxygen atoms in total. The van der Waals surface area contributed by atoms with Crippen molar-refractivity contribution in [2.45, 2.75) is 17.7 Å². The van der Waals surface area contributed by atoms with Crippen LogP contribution < -0.4 is 5.32 Å². The standard InChI is InChI=1S/C13H17N3OS/c1-16-9-3-4-12(16)15-13(17)14-10-5-7-11(18-2)8-6-10/h5-8H,3-4,9H2,1-2H3,(H,14,17)/b15-12+. The number of urea groups is 1. The highest BCUT2D eigenvalue weighted by molar-refractivity contribution is 7.98. The molecule has 2 amide bonds. The minimum atomic E-state index is -0.296. The van der Waals surface area contributed by atoms with Gasteiger partial charge in [-0.25, -0.2) is 4.79 Å². The monoisotopic (exact) mass is 263 g/mol. The molecule has 1 saturated heterocycles. The minimum absolute atomic E-state index is 0.296. The zero-order valence-electron chi connectivity index (χ0n) is 10.6. The molecule has 1 aliphatic rings. The molecule has 96 valence electrons. The minimum Gasteiger partial charge on any atom is -0.363 e. The van der Waals surface area contributed by atoms with E-state index in [1.807, 2.05) is 42.5 Å². The van der Waals surface area contributed by atoms with Crippen molar-refractivity contribution in [1.82, 2.24) is 4.90 Å². The summed E-state index contributed by atoms with van der Waals surface area (Å²) < 4.78 is 0. The number of nitrogens with zero attached hydrogens (tertiary/aromatic N) is 2. The molecule has 0 aliphatic carbocycles. The Balaban J connectivity index is 1.98. The molecule has 1 aromatic rings. The van der Waals surface area contributed by atoms with Gasteiger partial charge in [-0.15, -0.1) is 11.8 Å². The van der Waals surface area contributed by atoms with Crippen LogP contribution in [0.3, 0.4) is 0 Å².